The van der Waals surface area contributed by atoms with Gasteiger partial charge < -0.3 is 5.11 Å². The molecule has 1 aromatic carbocycles. The van der Waals surface area contributed by atoms with Crippen LogP contribution in [0.3, 0.4) is 0 Å². The molecule has 1 N–H and O–H groups in total. The van der Waals surface area contributed by atoms with Crippen molar-refractivity contribution in [2.45, 2.75) is 6.92 Å². The highest BCUT2D eigenvalue weighted by molar-refractivity contribution is 9.10. The second-order valence-corrected chi connectivity index (χ2v) is 4.11. The SMILES string of the molecule is Cc1cn(-c2cc(F)cc(O)c2N=O)c(Br)n1. The topological polar surface area (TPSA) is 67.5 Å². The molecule has 0 spiro atoms. The van der Waals surface area contributed by atoms with E-state index in [1.54, 1.807) is 13.1 Å². The third-order valence-corrected chi connectivity index (χ3v) is 2.73. The van der Waals surface area contributed by atoms with Crippen LogP contribution in [0.25, 0.3) is 5.69 Å². The summed E-state index contributed by atoms with van der Waals surface area (Å²) in [7, 11) is 0. The monoisotopic (exact) mass is 299 g/mol. The summed E-state index contributed by atoms with van der Waals surface area (Å²) in [6.45, 7) is 1.74. The predicted molar refractivity (Wildman–Crippen MR) is 63.1 cm³/mol. The number of halogens is 2. The van der Waals surface area contributed by atoms with Gasteiger partial charge in [-0.2, -0.15) is 0 Å². The number of benzene rings is 1. The van der Waals surface area contributed by atoms with Crippen LogP contribution in [-0.4, -0.2) is 14.7 Å². The molecule has 1 heterocycles. The van der Waals surface area contributed by atoms with E-state index in [2.05, 4.69) is 26.1 Å². The molecule has 0 atom stereocenters. The lowest BCUT2D eigenvalue weighted by atomic mass is 10.2. The Labute approximate surface area is 104 Å². The van der Waals surface area contributed by atoms with E-state index in [4.69, 9.17) is 0 Å². The van der Waals surface area contributed by atoms with Crippen LogP contribution in [0.4, 0.5) is 10.1 Å². The number of nitroso groups, excluding NO2 is 1. The first kappa shape index (κ1) is 11.7. The maximum absolute atomic E-state index is 13.2. The van der Waals surface area contributed by atoms with Crippen molar-refractivity contribution >= 4 is 21.6 Å². The Morgan fingerprint density at radius 3 is 2.76 bits per heavy atom. The molecule has 0 unspecified atom stereocenters. The Balaban J connectivity index is 2.74. The van der Waals surface area contributed by atoms with Crippen LogP contribution in [0.15, 0.2) is 28.2 Å². The van der Waals surface area contributed by atoms with E-state index < -0.39 is 11.6 Å². The largest absolute Gasteiger partial charge is 0.505 e. The first-order chi connectivity index (χ1) is 8.02. The fourth-order valence-electron chi connectivity index (χ4n) is 1.49. The van der Waals surface area contributed by atoms with Crippen molar-refractivity contribution in [1.29, 1.82) is 0 Å². The van der Waals surface area contributed by atoms with Gasteiger partial charge in [0.05, 0.1) is 11.4 Å². The van der Waals surface area contributed by atoms with E-state index in [1.807, 2.05) is 0 Å². The Kier molecular flexibility index (Phi) is 2.93. The molecule has 0 bridgehead atoms. The van der Waals surface area contributed by atoms with E-state index in [1.165, 1.54) is 4.57 Å². The summed E-state index contributed by atoms with van der Waals surface area (Å²) in [4.78, 5) is 14.7. The minimum absolute atomic E-state index is 0.130. The molecule has 0 aliphatic heterocycles. The van der Waals surface area contributed by atoms with E-state index in [-0.39, 0.29) is 11.4 Å². The lowest BCUT2D eigenvalue weighted by Gasteiger charge is -2.07. The second-order valence-electron chi connectivity index (χ2n) is 3.41. The molecule has 0 saturated carbocycles. The number of phenols is 1. The van der Waals surface area contributed by atoms with E-state index in [0.717, 1.165) is 12.1 Å². The fourth-order valence-corrected chi connectivity index (χ4v) is 2.06. The normalized spacial score (nSPS) is 10.5. The lowest BCUT2D eigenvalue weighted by molar-refractivity contribution is 0.470. The van der Waals surface area contributed by atoms with Gasteiger partial charge in [0.25, 0.3) is 0 Å². The maximum atomic E-state index is 13.2. The molecule has 88 valence electrons. The molecule has 1 aromatic heterocycles. The van der Waals surface area contributed by atoms with Gasteiger partial charge in [-0.1, -0.05) is 0 Å². The van der Waals surface area contributed by atoms with Crippen LogP contribution in [0.2, 0.25) is 0 Å². The van der Waals surface area contributed by atoms with Crippen LogP contribution >= 0.6 is 15.9 Å². The van der Waals surface area contributed by atoms with Crippen molar-refractivity contribution in [3.8, 4) is 11.4 Å². The van der Waals surface area contributed by atoms with Crippen LogP contribution in [0, 0.1) is 17.6 Å². The maximum Gasteiger partial charge on any atom is 0.182 e. The molecular weight excluding hydrogens is 293 g/mol. The molecule has 5 nitrogen and oxygen atoms in total. The van der Waals surface area contributed by atoms with Gasteiger partial charge in [0.15, 0.2) is 10.4 Å². The molecular formula is C10H7BrFN3O2. The van der Waals surface area contributed by atoms with Gasteiger partial charge >= 0.3 is 0 Å². The van der Waals surface area contributed by atoms with E-state index in [9.17, 15) is 14.4 Å². The number of aryl methyl sites for hydroxylation is 1. The van der Waals surface area contributed by atoms with Crippen molar-refractivity contribution < 1.29 is 9.50 Å². The number of phenolic OH excluding ortho intramolecular Hbond substituents is 1. The zero-order valence-corrected chi connectivity index (χ0v) is 10.3. The summed E-state index contributed by atoms with van der Waals surface area (Å²) in [5, 5.41) is 12.2. The second kappa shape index (κ2) is 4.25. The number of aromatic nitrogens is 2. The molecule has 0 aliphatic carbocycles. The zero-order chi connectivity index (χ0) is 12.6. The zero-order valence-electron chi connectivity index (χ0n) is 8.69. The van der Waals surface area contributed by atoms with Gasteiger partial charge in [-0.3, -0.25) is 4.57 Å². The highest BCUT2D eigenvalue weighted by Gasteiger charge is 2.15. The molecule has 2 aromatic rings. The number of imidazole rings is 1. The van der Waals surface area contributed by atoms with Crippen LogP contribution in [-0.2, 0) is 0 Å². The van der Waals surface area contributed by atoms with Gasteiger partial charge in [-0.25, -0.2) is 9.37 Å². The Morgan fingerprint density at radius 1 is 1.53 bits per heavy atom. The smallest absolute Gasteiger partial charge is 0.182 e. The van der Waals surface area contributed by atoms with Gasteiger partial charge in [-0.15, -0.1) is 4.91 Å². The molecule has 0 fully saturated rings. The minimum Gasteiger partial charge on any atom is -0.505 e. The molecule has 0 saturated heterocycles. The molecule has 7 heteroatoms. The molecule has 0 amide bonds. The van der Waals surface area contributed by atoms with Crippen LogP contribution in [0.5, 0.6) is 5.75 Å². The van der Waals surface area contributed by atoms with E-state index in [0.29, 0.717) is 10.4 Å². The number of aromatic hydroxyl groups is 1. The fraction of sp³-hybridized carbons (Fsp3) is 0.100. The summed E-state index contributed by atoms with van der Waals surface area (Å²) < 4.78 is 15.0. The van der Waals surface area contributed by atoms with Crippen molar-refractivity contribution in [3.05, 3.63) is 39.5 Å². The first-order valence-corrected chi connectivity index (χ1v) is 5.40. The van der Waals surface area contributed by atoms with Crippen LogP contribution < -0.4 is 0 Å². The summed E-state index contributed by atoms with van der Waals surface area (Å²) in [5.41, 5.74) is 0.576. The minimum atomic E-state index is -0.664. The summed E-state index contributed by atoms with van der Waals surface area (Å²) in [6, 6.07) is 1.93. The quantitative estimate of drug-likeness (QED) is 0.866. The number of nitrogens with zero attached hydrogens (tertiary/aromatic N) is 3. The van der Waals surface area contributed by atoms with Crippen molar-refractivity contribution in [2.75, 3.05) is 0 Å². The number of rotatable bonds is 2. The average Bonchev–Trinajstić information content (AvgIpc) is 2.56. The summed E-state index contributed by atoms with van der Waals surface area (Å²) in [6.07, 6.45) is 1.59. The molecule has 0 aliphatic rings. The Bertz CT molecular complexity index is 597. The number of hydrogen-bond acceptors (Lipinski definition) is 4. The lowest BCUT2D eigenvalue weighted by Crippen LogP contribution is -1.94. The first-order valence-electron chi connectivity index (χ1n) is 4.60. The summed E-state index contributed by atoms with van der Waals surface area (Å²) in [5.74, 6) is -1.17. The standard InChI is InChI=1S/C10H7BrFN3O2/c1-5-4-15(10(11)13-5)7-2-6(12)3-8(16)9(7)14-17/h2-4,16H,1H3. The number of hydrogen-bond donors (Lipinski definition) is 1. The van der Waals surface area contributed by atoms with Crippen molar-refractivity contribution in [3.63, 3.8) is 0 Å². The van der Waals surface area contributed by atoms with Crippen LogP contribution in [0.1, 0.15) is 5.69 Å². The molecule has 17 heavy (non-hydrogen) atoms. The highest BCUT2D eigenvalue weighted by atomic mass is 79.9. The molecule has 0 radical (unpaired) electrons. The van der Waals surface area contributed by atoms with Gasteiger partial charge in [0.1, 0.15) is 11.6 Å². The third kappa shape index (κ3) is 2.05. The van der Waals surface area contributed by atoms with Crippen molar-refractivity contribution in [2.24, 2.45) is 5.18 Å². The van der Waals surface area contributed by atoms with Crippen molar-refractivity contribution in [1.82, 2.24) is 9.55 Å². The van der Waals surface area contributed by atoms with Gasteiger partial charge in [-0.05, 0) is 28.0 Å². The van der Waals surface area contributed by atoms with Gasteiger partial charge in [0, 0.05) is 18.3 Å². The average molecular weight is 300 g/mol. The van der Waals surface area contributed by atoms with Gasteiger partial charge in [0.2, 0.25) is 0 Å². The summed E-state index contributed by atoms with van der Waals surface area (Å²) >= 11 is 3.17. The Hall–Kier alpha value is -1.76. The predicted octanol–water partition coefficient (Wildman–Crippen LogP) is 3.19. The Morgan fingerprint density at radius 2 is 2.24 bits per heavy atom. The van der Waals surface area contributed by atoms with E-state index >= 15 is 0 Å². The third-order valence-electron chi connectivity index (χ3n) is 2.17. The highest BCUT2D eigenvalue weighted by Crippen LogP contribution is 2.35. The molecule has 2 rings (SSSR count).